The normalized spacial score (nSPS) is 10.7. The zero-order chi connectivity index (χ0) is 23.9. The van der Waals surface area contributed by atoms with Crippen LogP contribution in [0.3, 0.4) is 0 Å². The number of methoxy groups -OCH3 is 2. The maximum atomic E-state index is 12.8. The fraction of sp³-hybridized carbons (Fsp3) is 0.222. The van der Waals surface area contributed by atoms with E-state index in [-0.39, 0.29) is 5.91 Å². The molecule has 1 aromatic heterocycles. The Hall–Kier alpha value is -4.13. The molecular formula is C27H28N4O3. The number of hydrogen-bond donors (Lipinski definition) is 1. The third-order valence-electron chi connectivity index (χ3n) is 5.53. The van der Waals surface area contributed by atoms with Crippen molar-refractivity contribution >= 4 is 5.91 Å². The number of rotatable bonds is 9. The number of ether oxygens (including phenoxy) is 2. The number of aryl methyl sites for hydroxylation is 1. The Labute approximate surface area is 199 Å². The first kappa shape index (κ1) is 23.0. The maximum Gasteiger partial charge on any atom is 0.251 e. The highest BCUT2D eigenvalue weighted by molar-refractivity contribution is 5.94. The summed E-state index contributed by atoms with van der Waals surface area (Å²) in [6.45, 7) is 2.56. The van der Waals surface area contributed by atoms with Crippen molar-refractivity contribution in [2.75, 3.05) is 20.8 Å². The van der Waals surface area contributed by atoms with Gasteiger partial charge in [-0.05, 0) is 66.6 Å². The summed E-state index contributed by atoms with van der Waals surface area (Å²) in [6.07, 6.45) is 1.45. The Balaban J connectivity index is 1.51. The van der Waals surface area contributed by atoms with Crippen molar-refractivity contribution < 1.29 is 14.3 Å². The SMILES string of the molecule is CCc1nc(-c2ccc(OC)cc2)n(-c2cccc(C(=O)NCCc3ccc(OC)cc3)c2)n1. The van der Waals surface area contributed by atoms with Gasteiger partial charge in [0.15, 0.2) is 11.6 Å². The molecule has 4 aromatic rings. The predicted molar refractivity (Wildman–Crippen MR) is 132 cm³/mol. The highest BCUT2D eigenvalue weighted by atomic mass is 16.5. The second kappa shape index (κ2) is 10.7. The molecule has 0 unspecified atom stereocenters. The van der Waals surface area contributed by atoms with Crippen molar-refractivity contribution in [3.8, 4) is 28.6 Å². The summed E-state index contributed by atoms with van der Waals surface area (Å²) in [5.74, 6) is 2.92. The van der Waals surface area contributed by atoms with Crippen LogP contribution in [0, 0.1) is 0 Å². The number of carbonyl (C=O) groups is 1. The van der Waals surface area contributed by atoms with Gasteiger partial charge in [-0.1, -0.05) is 25.1 Å². The van der Waals surface area contributed by atoms with Gasteiger partial charge < -0.3 is 14.8 Å². The second-order valence-corrected chi connectivity index (χ2v) is 7.75. The maximum absolute atomic E-state index is 12.8. The van der Waals surface area contributed by atoms with Crippen LogP contribution in [0.15, 0.2) is 72.8 Å². The molecule has 0 atom stereocenters. The lowest BCUT2D eigenvalue weighted by Gasteiger charge is -2.10. The summed E-state index contributed by atoms with van der Waals surface area (Å²) >= 11 is 0. The van der Waals surface area contributed by atoms with Crippen molar-refractivity contribution in [1.82, 2.24) is 20.1 Å². The molecule has 174 valence electrons. The number of carbonyl (C=O) groups excluding carboxylic acids is 1. The Morgan fingerprint density at radius 1 is 0.941 bits per heavy atom. The molecule has 0 saturated carbocycles. The van der Waals surface area contributed by atoms with Crippen LogP contribution in [0.4, 0.5) is 0 Å². The summed E-state index contributed by atoms with van der Waals surface area (Å²) in [6, 6.07) is 23.0. The van der Waals surface area contributed by atoms with E-state index in [9.17, 15) is 4.79 Å². The fourth-order valence-electron chi connectivity index (χ4n) is 3.60. The summed E-state index contributed by atoms with van der Waals surface area (Å²) in [7, 11) is 3.28. The molecule has 1 heterocycles. The molecule has 34 heavy (non-hydrogen) atoms. The van der Waals surface area contributed by atoms with Crippen molar-refractivity contribution in [2.45, 2.75) is 19.8 Å². The smallest absolute Gasteiger partial charge is 0.251 e. The Morgan fingerprint density at radius 3 is 2.26 bits per heavy atom. The van der Waals surface area contributed by atoms with Gasteiger partial charge in [0.1, 0.15) is 11.5 Å². The summed E-state index contributed by atoms with van der Waals surface area (Å²) < 4.78 is 12.2. The summed E-state index contributed by atoms with van der Waals surface area (Å²) in [5.41, 5.74) is 3.40. The van der Waals surface area contributed by atoms with E-state index in [1.54, 1.807) is 25.0 Å². The van der Waals surface area contributed by atoms with E-state index in [0.717, 1.165) is 46.4 Å². The Bertz CT molecular complexity index is 1250. The minimum Gasteiger partial charge on any atom is -0.497 e. The third-order valence-corrected chi connectivity index (χ3v) is 5.53. The number of nitrogens with one attached hydrogen (secondary N) is 1. The van der Waals surface area contributed by atoms with Crippen molar-refractivity contribution in [1.29, 1.82) is 0 Å². The molecular weight excluding hydrogens is 428 g/mol. The zero-order valence-electron chi connectivity index (χ0n) is 19.6. The van der Waals surface area contributed by atoms with Crippen LogP contribution in [-0.2, 0) is 12.8 Å². The predicted octanol–water partition coefficient (Wildman–Crippen LogP) is 4.49. The lowest BCUT2D eigenvalue weighted by molar-refractivity contribution is 0.0954. The van der Waals surface area contributed by atoms with Crippen LogP contribution in [0.1, 0.15) is 28.7 Å². The van der Waals surface area contributed by atoms with E-state index in [1.165, 1.54) is 0 Å². The van der Waals surface area contributed by atoms with Crippen molar-refractivity contribution in [3.63, 3.8) is 0 Å². The molecule has 0 fully saturated rings. The first-order valence-corrected chi connectivity index (χ1v) is 11.2. The molecule has 3 aromatic carbocycles. The third kappa shape index (κ3) is 5.26. The van der Waals surface area contributed by atoms with E-state index >= 15 is 0 Å². The summed E-state index contributed by atoms with van der Waals surface area (Å²) in [5, 5.41) is 7.67. The first-order chi connectivity index (χ1) is 16.6. The number of aromatic nitrogens is 3. The van der Waals surface area contributed by atoms with Gasteiger partial charge in [-0.15, -0.1) is 0 Å². The molecule has 0 spiro atoms. The van der Waals surface area contributed by atoms with Gasteiger partial charge in [-0.2, -0.15) is 5.10 Å². The van der Waals surface area contributed by atoms with E-state index in [0.29, 0.717) is 18.5 Å². The van der Waals surface area contributed by atoms with Gasteiger partial charge in [0, 0.05) is 24.1 Å². The molecule has 0 bridgehead atoms. The Morgan fingerprint density at radius 2 is 1.62 bits per heavy atom. The molecule has 1 amide bonds. The summed E-state index contributed by atoms with van der Waals surface area (Å²) in [4.78, 5) is 17.5. The van der Waals surface area contributed by atoms with Crippen LogP contribution >= 0.6 is 0 Å². The molecule has 4 rings (SSSR count). The van der Waals surface area contributed by atoms with E-state index in [1.807, 2.05) is 73.7 Å². The van der Waals surface area contributed by atoms with Crippen molar-refractivity contribution in [3.05, 3.63) is 89.7 Å². The van der Waals surface area contributed by atoms with Gasteiger partial charge in [0.05, 0.1) is 19.9 Å². The highest BCUT2D eigenvalue weighted by Crippen LogP contribution is 2.24. The molecule has 1 N–H and O–H groups in total. The van der Waals surface area contributed by atoms with E-state index in [4.69, 9.17) is 14.5 Å². The average Bonchev–Trinajstić information content (AvgIpc) is 3.34. The zero-order valence-corrected chi connectivity index (χ0v) is 19.6. The largest absolute Gasteiger partial charge is 0.497 e. The topological polar surface area (TPSA) is 78.3 Å². The molecule has 7 nitrogen and oxygen atoms in total. The van der Waals surface area contributed by atoms with Gasteiger partial charge in [0.25, 0.3) is 5.91 Å². The van der Waals surface area contributed by atoms with E-state index < -0.39 is 0 Å². The van der Waals surface area contributed by atoms with Crippen LogP contribution in [0.2, 0.25) is 0 Å². The lowest BCUT2D eigenvalue weighted by atomic mass is 10.1. The number of amides is 1. The molecule has 0 aliphatic heterocycles. The Kier molecular flexibility index (Phi) is 7.22. The molecule has 0 aliphatic carbocycles. The molecule has 0 saturated heterocycles. The average molecular weight is 457 g/mol. The van der Waals surface area contributed by atoms with Crippen LogP contribution in [-0.4, -0.2) is 41.4 Å². The first-order valence-electron chi connectivity index (χ1n) is 11.2. The lowest BCUT2D eigenvalue weighted by Crippen LogP contribution is -2.25. The minimum absolute atomic E-state index is 0.128. The number of nitrogens with zero attached hydrogens (tertiary/aromatic N) is 3. The van der Waals surface area contributed by atoms with Gasteiger partial charge in [-0.25, -0.2) is 9.67 Å². The number of hydrogen-bond acceptors (Lipinski definition) is 5. The molecule has 7 heteroatoms. The fourth-order valence-corrected chi connectivity index (χ4v) is 3.60. The van der Waals surface area contributed by atoms with Crippen molar-refractivity contribution in [2.24, 2.45) is 0 Å². The molecule has 0 aliphatic rings. The highest BCUT2D eigenvalue weighted by Gasteiger charge is 2.15. The standard InChI is InChI=1S/C27H28N4O3/c1-4-25-29-26(20-10-14-24(34-3)15-11-20)31(30-25)22-7-5-6-21(18-22)27(32)28-17-16-19-8-12-23(33-2)13-9-19/h5-15,18H,4,16-17H2,1-3H3,(H,28,32). The van der Waals surface area contributed by atoms with Gasteiger partial charge in [-0.3, -0.25) is 4.79 Å². The number of benzene rings is 3. The van der Waals surface area contributed by atoms with Crippen LogP contribution in [0.5, 0.6) is 11.5 Å². The van der Waals surface area contributed by atoms with Gasteiger partial charge in [0.2, 0.25) is 0 Å². The van der Waals surface area contributed by atoms with Crippen LogP contribution in [0.25, 0.3) is 17.1 Å². The minimum atomic E-state index is -0.128. The monoisotopic (exact) mass is 456 g/mol. The quantitative estimate of drug-likeness (QED) is 0.402. The van der Waals surface area contributed by atoms with Gasteiger partial charge >= 0.3 is 0 Å². The second-order valence-electron chi connectivity index (χ2n) is 7.75. The van der Waals surface area contributed by atoms with E-state index in [2.05, 4.69) is 10.4 Å². The van der Waals surface area contributed by atoms with Crippen LogP contribution < -0.4 is 14.8 Å². The molecule has 0 radical (unpaired) electrons.